The van der Waals surface area contributed by atoms with E-state index < -0.39 is 0 Å². The lowest BCUT2D eigenvalue weighted by atomic mass is 9.91. The van der Waals surface area contributed by atoms with E-state index in [1.165, 1.54) is 5.56 Å². The first-order valence-electron chi connectivity index (χ1n) is 5.33. The Hall–Kier alpha value is -1.31. The molecule has 0 bridgehead atoms. The molecular weight excluding hydrogens is 188 g/mol. The van der Waals surface area contributed by atoms with Crippen molar-refractivity contribution in [3.05, 3.63) is 28.8 Å². The normalized spacial score (nSPS) is 10.7. The molecule has 0 spiro atoms. The van der Waals surface area contributed by atoms with E-state index in [4.69, 9.17) is 0 Å². The van der Waals surface area contributed by atoms with Crippen LogP contribution in [0, 0.1) is 6.92 Å². The average Bonchev–Trinajstić information content (AvgIpc) is 2.19. The summed E-state index contributed by atoms with van der Waals surface area (Å²) in [5.41, 5.74) is 3.26. The second-order valence-electron chi connectivity index (χ2n) is 4.14. The Labute approximate surface area is 90.9 Å². The van der Waals surface area contributed by atoms with Crippen LogP contribution in [0.4, 0.5) is 0 Å². The standard InChI is InChI=1S/C13H18O2/c1-9(2)11-6-7-13(15)10(3)12(11)5-4-8-14/h6-9,15H,4-5H2,1-3H3. The number of phenolic OH excluding ortho intramolecular Hbond substituents is 1. The van der Waals surface area contributed by atoms with E-state index in [1.807, 2.05) is 13.0 Å². The van der Waals surface area contributed by atoms with E-state index in [1.54, 1.807) is 6.07 Å². The fourth-order valence-corrected chi connectivity index (χ4v) is 1.84. The van der Waals surface area contributed by atoms with Gasteiger partial charge >= 0.3 is 0 Å². The Morgan fingerprint density at radius 3 is 2.60 bits per heavy atom. The second kappa shape index (κ2) is 4.96. The lowest BCUT2D eigenvalue weighted by Crippen LogP contribution is -2.00. The molecule has 1 rings (SSSR count). The molecule has 0 aliphatic heterocycles. The summed E-state index contributed by atoms with van der Waals surface area (Å²) in [5.74, 6) is 0.742. The molecule has 2 nitrogen and oxygen atoms in total. The van der Waals surface area contributed by atoms with Crippen molar-refractivity contribution in [2.45, 2.75) is 39.5 Å². The molecule has 1 aromatic rings. The zero-order valence-electron chi connectivity index (χ0n) is 9.58. The Morgan fingerprint density at radius 2 is 2.07 bits per heavy atom. The maximum absolute atomic E-state index is 10.4. The lowest BCUT2D eigenvalue weighted by molar-refractivity contribution is -0.107. The minimum atomic E-state index is 0.320. The maximum Gasteiger partial charge on any atom is 0.120 e. The number of benzene rings is 1. The maximum atomic E-state index is 10.4. The number of aromatic hydroxyl groups is 1. The summed E-state index contributed by atoms with van der Waals surface area (Å²) >= 11 is 0. The van der Waals surface area contributed by atoms with Gasteiger partial charge in [-0.25, -0.2) is 0 Å². The van der Waals surface area contributed by atoms with Gasteiger partial charge in [-0.05, 0) is 42.0 Å². The number of hydrogen-bond donors (Lipinski definition) is 1. The smallest absolute Gasteiger partial charge is 0.120 e. The van der Waals surface area contributed by atoms with Crippen molar-refractivity contribution in [1.29, 1.82) is 0 Å². The van der Waals surface area contributed by atoms with Crippen LogP contribution >= 0.6 is 0 Å². The van der Waals surface area contributed by atoms with Gasteiger partial charge in [0.1, 0.15) is 12.0 Å². The molecule has 15 heavy (non-hydrogen) atoms. The number of carbonyl (C=O) groups excluding carboxylic acids is 1. The van der Waals surface area contributed by atoms with Gasteiger partial charge in [-0.3, -0.25) is 0 Å². The number of carbonyl (C=O) groups is 1. The average molecular weight is 206 g/mol. The topological polar surface area (TPSA) is 37.3 Å². The van der Waals surface area contributed by atoms with Crippen LogP contribution in [0.3, 0.4) is 0 Å². The van der Waals surface area contributed by atoms with Gasteiger partial charge in [0, 0.05) is 6.42 Å². The van der Waals surface area contributed by atoms with Crippen LogP contribution in [-0.4, -0.2) is 11.4 Å². The fraction of sp³-hybridized carbons (Fsp3) is 0.462. The Morgan fingerprint density at radius 1 is 1.40 bits per heavy atom. The summed E-state index contributed by atoms with van der Waals surface area (Å²) in [6.07, 6.45) is 2.16. The Kier molecular flexibility index (Phi) is 3.89. The third kappa shape index (κ3) is 2.58. The summed E-state index contributed by atoms with van der Waals surface area (Å²) in [6, 6.07) is 3.68. The van der Waals surface area contributed by atoms with Crippen molar-refractivity contribution in [1.82, 2.24) is 0 Å². The van der Waals surface area contributed by atoms with E-state index in [9.17, 15) is 9.90 Å². The summed E-state index contributed by atoms with van der Waals surface area (Å²) in [5, 5.41) is 9.62. The third-order valence-electron chi connectivity index (χ3n) is 2.74. The first kappa shape index (κ1) is 11.8. The molecule has 2 heteroatoms. The number of aldehydes is 1. The summed E-state index contributed by atoms with van der Waals surface area (Å²) in [6.45, 7) is 6.15. The van der Waals surface area contributed by atoms with Gasteiger partial charge < -0.3 is 9.90 Å². The first-order valence-corrected chi connectivity index (χ1v) is 5.33. The molecule has 0 heterocycles. The zero-order chi connectivity index (χ0) is 11.4. The van der Waals surface area contributed by atoms with Gasteiger partial charge in [0.15, 0.2) is 0 Å². The van der Waals surface area contributed by atoms with Gasteiger partial charge in [0.05, 0.1) is 0 Å². The minimum absolute atomic E-state index is 0.320. The summed E-state index contributed by atoms with van der Waals surface area (Å²) in [7, 11) is 0. The highest BCUT2D eigenvalue weighted by Crippen LogP contribution is 2.29. The summed E-state index contributed by atoms with van der Waals surface area (Å²) in [4.78, 5) is 10.4. The number of hydrogen-bond acceptors (Lipinski definition) is 2. The Balaban J connectivity index is 3.15. The van der Waals surface area contributed by atoms with E-state index >= 15 is 0 Å². The van der Waals surface area contributed by atoms with Crippen molar-refractivity contribution < 1.29 is 9.90 Å². The van der Waals surface area contributed by atoms with Crippen molar-refractivity contribution in [3.63, 3.8) is 0 Å². The van der Waals surface area contributed by atoms with Crippen LogP contribution in [0.1, 0.15) is 42.9 Å². The molecule has 0 saturated carbocycles. The minimum Gasteiger partial charge on any atom is -0.508 e. The van der Waals surface area contributed by atoms with Crippen LogP contribution in [-0.2, 0) is 11.2 Å². The highest BCUT2D eigenvalue weighted by molar-refractivity contribution is 5.52. The van der Waals surface area contributed by atoms with Crippen LogP contribution in [0.15, 0.2) is 12.1 Å². The van der Waals surface area contributed by atoms with Gasteiger partial charge in [0.2, 0.25) is 0 Å². The van der Waals surface area contributed by atoms with Gasteiger partial charge in [0.25, 0.3) is 0 Å². The molecule has 0 saturated heterocycles. The largest absolute Gasteiger partial charge is 0.508 e. The summed E-state index contributed by atoms with van der Waals surface area (Å²) < 4.78 is 0. The molecule has 82 valence electrons. The van der Waals surface area contributed by atoms with E-state index in [0.29, 0.717) is 18.1 Å². The van der Waals surface area contributed by atoms with E-state index in [2.05, 4.69) is 13.8 Å². The molecule has 0 aliphatic rings. The molecule has 0 radical (unpaired) electrons. The predicted octanol–water partition coefficient (Wildman–Crippen LogP) is 2.96. The van der Waals surface area contributed by atoms with Gasteiger partial charge in [-0.2, -0.15) is 0 Å². The molecule has 0 aromatic heterocycles. The van der Waals surface area contributed by atoms with Crippen LogP contribution < -0.4 is 0 Å². The SMILES string of the molecule is Cc1c(O)ccc(C(C)C)c1CCC=O. The monoisotopic (exact) mass is 206 g/mol. The molecule has 0 amide bonds. The lowest BCUT2D eigenvalue weighted by Gasteiger charge is -2.15. The highest BCUT2D eigenvalue weighted by Gasteiger charge is 2.11. The van der Waals surface area contributed by atoms with Crippen molar-refractivity contribution in [3.8, 4) is 5.75 Å². The predicted molar refractivity (Wildman–Crippen MR) is 61.3 cm³/mol. The molecule has 0 atom stereocenters. The first-order chi connectivity index (χ1) is 7.07. The molecule has 1 aromatic carbocycles. The zero-order valence-corrected chi connectivity index (χ0v) is 9.58. The van der Waals surface area contributed by atoms with E-state index in [-0.39, 0.29) is 0 Å². The Bertz CT molecular complexity index is 354. The number of phenols is 1. The van der Waals surface area contributed by atoms with E-state index in [0.717, 1.165) is 23.8 Å². The van der Waals surface area contributed by atoms with Crippen molar-refractivity contribution in [2.75, 3.05) is 0 Å². The highest BCUT2D eigenvalue weighted by atomic mass is 16.3. The molecular formula is C13H18O2. The van der Waals surface area contributed by atoms with Crippen LogP contribution in [0.2, 0.25) is 0 Å². The fourth-order valence-electron chi connectivity index (χ4n) is 1.84. The molecule has 1 N–H and O–H groups in total. The second-order valence-corrected chi connectivity index (χ2v) is 4.14. The van der Waals surface area contributed by atoms with Gasteiger partial charge in [-0.15, -0.1) is 0 Å². The third-order valence-corrected chi connectivity index (χ3v) is 2.74. The number of rotatable bonds is 4. The van der Waals surface area contributed by atoms with Gasteiger partial charge in [-0.1, -0.05) is 19.9 Å². The van der Waals surface area contributed by atoms with Crippen LogP contribution in [0.25, 0.3) is 0 Å². The molecule has 0 unspecified atom stereocenters. The van der Waals surface area contributed by atoms with Crippen LogP contribution in [0.5, 0.6) is 5.75 Å². The van der Waals surface area contributed by atoms with Crippen molar-refractivity contribution in [2.24, 2.45) is 0 Å². The van der Waals surface area contributed by atoms with Crippen molar-refractivity contribution >= 4 is 6.29 Å². The quantitative estimate of drug-likeness (QED) is 0.769. The molecule has 0 fully saturated rings. The molecule has 0 aliphatic carbocycles.